The van der Waals surface area contributed by atoms with Crippen LogP contribution in [0.3, 0.4) is 0 Å². The number of anilines is 2. The van der Waals surface area contributed by atoms with Crippen molar-refractivity contribution in [1.82, 2.24) is 15.3 Å². The molecule has 1 aliphatic heterocycles. The number of piperazine rings is 1. The summed E-state index contributed by atoms with van der Waals surface area (Å²) < 4.78 is 38.8. The van der Waals surface area contributed by atoms with E-state index in [-0.39, 0.29) is 17.7 Å². The summed E-state index contributed by atoms with van der Waals surface area (Å²) in [5.74, 6) is -0.199. The van der Waals surface area contributed by atoms with Gasteiger partial charge in [-0.2, -0.15) is 18.2 Å². The van der Waals surface area contributed by atoms with Crippen LogP contribution in [0.4, 0.5) is 24.9 Å². The van der Waals surface area contributed by atoms with Gasteiger partial charge in [-0.25, -0.2) is 4.98 Å². The van der Waals surface area contributed by atoms with Gasteiger partial charge < -0.3 is 15.1 Å². The van der Waals surface area contributed by atoms with E-state index in [9.17, 15) is 18.0 Å². The minimum atomic E-state index is -4.57. The number of halogens is 3. The lowest BCUT2D eigenvalue weighted by Gasteiger charge is -2.33. The summed E-state index contributed by atoms with van der Waals surface area (Å²) in [6.07, 6.45) is -4.57. The van der Waals surface area contributed by atoms with E-state index in [2.05, 4.69) is 15.3 Å². The van der Waals surface area contributed by atoms with Crippen molar-refractivity contribution in [3.05, 3.63) is 11.8 Å². The van der Waals surface area contributed by atoms with Gasteiger partial charge in [0.1, 0.15) is 11.9 Å². The molecule has 6 nitrogen and oxygen atoms in total. The Labute approximate surface area is 120 Å². The second kappa shape index (κ2) is 5.38. The molecule has 0 spiro atoms. The summed E-state index contributed by atoms with van der Waals surface area (Å²) in [4.78, 5) is 22.3. The summed E-state index contributed by atoms with van der Waals surface area (Å²) in [6, 6.07) is 0.273. The minimum Gasteiger partial charge on any atom is -0.363 e. The van der Waals surface area contributed by atoms with E-state index in [1.165, 1.54) is 9.80 Å². The second-order valence-corrected chi connectivity index (χ2v) is 4.96. The number of amides is 1. The number of alkyl halides is 3. The van der Waals surface area contributed by atoms with Crippen LogP contribution in [-0.2, 0) is 11.0 Å². The molecular weight excluding hydrogens is 287 g/mol. The van der Waals surface area contributed by atoms with Crippen molar-refractivity contribution in [2.75, 3.05) is 37.0 Å². The molecule has 1 aromatic rings. The van der Waals surface area contributed by atoms with Crippen LogP contribution < -0.4 is 15.1 Å². The quantitative estimate of drug-likeness (QED) is 0.879. The zero-order chi connectivity index (χ0) is 15.8. The lowest BCUT2D eigenvalue weighted by molar-refractivity contribution is -0.141. The van der Waals surface area contributed by atoms with E-state index in [1.807, 2.05) is 0 Å². The van der Waals surface area contributed by atoms with Crippen molar-refractivity contribution >= 4 is 17.7 Å². The summed E-state index contributed by atoms with van der Waals surface area (Å²) in [5, 5.41) is 2.64. The minimum absolute atomic E-state index is 0.0872. The van der Waals surface area contributed by atoms with Crippen LogP contribution >= 0.6 is 0 Å². The molecule has 2 rings (SSSR count). The lowest BCUT2D eigenvalue weighted by atomic mass is 10.2. The molecule has 116 valence electrons. The Balaban J connectivity index is 2.47. The number of rotatable bonds is 2. The van der Waals surface area contributed by atoms with Gasteiger partial charge in [-0.05, 0) is 6.92 Å². The standard InChI is InChI=1S/C12H16F3N5O/c1-7-10(21)16-4-5-20(7)11-17-8(12(13,14)15)6-9(18-11)19(2)3/h6-7H,4-5H2,1-3H3,(H,16,21). The second-order valence-electron chi connectivity index (χ2n) is 4.96. The van der Waals surface area contributed by atoms with Crippen LogP contribution in [0.1, 0.15) is 12.6 Å². The zero-order valence-electron chi connectivity index (χ0n) is 11.9. The summed E-state index contributed by atoms with van der Waals surface area (Å²) in [5.41, 5.74) is -1.02. The van der Waals surface area contributed by atoms with Crippen molar-refractivity contribution in [3.63, 3.8) is 0 Å². The van der Waals surface area contributed by atoms with E-state index >= 15 is 0 Å². The highest BCUT2D eigenvalue weighted by Gasteiger charge is 2.36. The van der Waals surface area contributed by atoms with Crippen molar-refractivity contribution < 1.29 is 18.0 Å². The predicted octanol–water partition coefficient (Wildman–Crippen LogP) is 0.886. The van der Waals surface area contributed by atoms with Crippen LogP contribution in [0, 0.1) is 0 Å². The van der Waals surface area contributed by atoms with E-state index in [1.54, 1.807) is 21.0 Å². The molecule has 2 heterocycles. The van der Waals surface area contributed by atoms with Gasteiger partial charge in [0.25, 0.3) is 0 Å². The van der Waals surface area contributed by atoms with Crippen molar-refractivity contribution in [1.29, 1.82) is 0 Å². The first-order valence-electron chi connectivity index (χ1n) is 6.38. The molecule has 1 aromatic heterocycles. The third-order valence-corrected chi connectivity index (χ3v) is 3.21. The largest absolute Gasteiger partial charge is 0.433 e. The fourth-order valence-corrected chi connectivity index (χ4v) is 1.98. The molecule has 1 N–H and O–H groups in total. The SMILES string of the molecule is CC1C(=O)NCCN1c1nc(N(C)C)cc(C(F)(F)F)n1. The van der Waals surface area contributed by atoms with Crippen LogP contribution in [0.15, 0.2) is 6.07 Å². The van der Waals surface area contributed by atoms with Gasteiger partial charge in [-0.1, -0.05) is 0 Å². The third-order valence-electron chi connectivity index (χ3n) is 3.21. The molecule has 0 aromatic carbocycles. The van der Waals surface area contributed by atoms with Gasteiger partial charge in [0.15, 0.2) is 5.69 Å². The topological polar surface area (TPSA) is 61.4 Å². The number of carbonyl (C=O) groups excluding carboxylic acids is 1. The maximum atomic E-state index is 12.9. The van der Waals surface area contributed by atoms with Gasteiger partial charge >= 0.3 is 6.18 Å². The number of nitrogens with one attached hydrogen (secondary N) is 1. The molecule has 1 fully saturated rings. The molecule has 1 aliphatic rings. The highest BCUT2D eigenvalue weighted by molar-refractivity contribution is 5.85. The molecule has 0 radical (unpaired) electrons. The number of carbonyl (C=O) groups is 1. The first kappa shape index (κ1) is 15.3. The van der Waals surface area contributed by atoms with Gasteiger partial charge in [-0.3, -0.25) is 4.79 Å². The molecular formula is C12H16F3N5O. The van der Waals surface area contributed by atoms with Crippen molar-refractivity contribution in [3.8, 4) is 0 Å². The molecule has 0 saturated carbocycles. The molecule has 1 amide bonds. The van der Waals surface area contributed by atoms with E-state index in [4.69, 9.17) is 0 Å². The van der Waals surface area contributed by atoms with E-state index in [0.717, 1.165) is 6.07 Å². The maximum Gasteiger partial charge on any atom is 0.433 e. The van der Waals surface area contributed by atoms with Gasteiger partial charge in [0.2, 0.25) is 11.9 Å². The maximum absolute atomic E-state index is 12.9. The lowest BCUT2D eigenvalue weighted by Crippen LogP contribution is -2.54. The Bertz CT molecular complexity index is 546. The zero-order valence-corrected chi connectivity index (χ0v) is 11.9. The summed E-state index contributed by atoms with van der Waals surface area (Å²) >= 11 is 0. The molecule has 9 heteroatoms. The van der Waals surface area contributed by atoms with Crippen LogP contribution in [0.2, 0.25) is 0 Å². The summed E-state index contributed by atoms with van der Waals surface area (Å²) in [6.45, 7) is 2.31. The number of aromatic nitrogens is 2. The Morgan fingerprint density at radius 3 is 2.62 bits per heavy atom. The van der Waals surface area contributed by atoms with E-state index < -0.39 is 17.9 Å². The Kier molecular flexibility index (Phi) is 3.93. The van der Waals surface area contributed by atoms with Crippen LogP contribution in [-0.4, -0.2) is 49.1 Å². The molecule has 1 unspecified atom stereocenters. The molecule has 1 atom stereocenters. The highest BCUT2D eigenvalue weighted by Crippen LogP contribution is 2.31. The van der Waals surface area contributed by atoms with Crippen molar-refractivity contribution in [2.24, 2.45) is 0 Å². The van der Waals surface area contributed by atoms with Gasteiger partial charge in [0, 0.05) is 33.3 Å². The van der Waals surface area contributed by atoms with Crippen LogP contribution in [0.5, 0.6) is 0 Å². The van der Waals surface area contributed by atoms with Gasteiger partial charge in [0.05, 0.1) is 0 Å². The molecule has 1 saturated heterocycles. The average Bonchev–Trinajstić information content (AvgIpc) is 2.40. The fraction of sp³-hybridized carbons (Fsp3) is 0.583. The smallest absolute Gasteiger partial charge is 0.363 e. The highest BCUT2D eigenvalue weighted by atomic mass is 19.4. The normalized spacial score (nSPS) is 19.4. The van der Waals surface area contributed by atoms with Crippen LogP contribution in [0.25, 0.3) is 0 Å². The Morgan fingerprint density at radius 1 is 1.38 bits per heavy atom. The third kappa shape index (κ3) is 3.17. The average molecular weight is 303 g/mol. The molecule has 0 bridgehead atoms. The monoisotopic (exact) mass is 303 g/mol. The molecule has 0 aliphatic carbocycles. The van der Waals surface area contributed by atoms with Crippen molar-refractivity contribution in [2.45, 2.75) is 19.1 Å². The molecule has 21 heavy (non-hydrogen) atoms. The fourth-order valence-electron chi connectivity index (χ4n) is 1.98. The Morgan fingerprint density at radius 2 is 2.05 bits per heavy atom. The first-order valence-corrected chi connectivity index (χ1v) is 6.38. The Hall–Kier alpha value is -2.06. The van der Waals surface area contributed by atoms with Gasteiger partial charge in [-0.15, -0.1) is 0 Å². The number of hydrogen-bond acceptors (Lipinski definition) is 5. The predicted molar refractivity (Wildman–Crippen MR) is 71.2 cm³/mol. The summed E-state index contributed by atoms with van der Waals surface area (Å²) in [7, 11) is 3.19. The first-order chi connectivity index (χ1) is 9.70. The number of hydrogen-bond donors (Lipinski definition) is 1. The van der Waals surface area contributed by atoms with E-state index in [0.29, 0.717) is 13.1 Å². The number of nitrogens with zero attached hydrogens (tertiary/aromatic N) is 4.